The Bertz CT molecular complexity index is 1380. The number of aromatic nitrogens is 4. The Kier molecular flexibility index (Phi) is 4.45. The summed E-state index contributed by atoms with van der Waals surface area (Å²) in [6.07, 6.45) is 0. The van der Waals surface area contributed by atoms with E-state index in [2.05, 4.69) is 15.9 Å². The molecule has 5 rings (SSSR count). The second-order valence-corrected chi connectivity index (χ2v) is 7.78. The van der Waals surface area contributed by atoms with Crippen LogP contribution in [0.25, 0.3) is 39.4 Å². The molecule has 0 atom stereocenters. The standard InChI is InChI=1S/C22H14BrClN4O/c1-29-19-10-9-15(12-16(19)24)28-21(13-5-4-6-14(23)11-13)27-20-22(28)26-18-8-3-2-7-17(18)25-20/h2-12H,1H3. The second-order valence-electron chi connectivity index (χ2n) is 6.46. The first kappa shape index (κ1) is 18.1. The Balaban J connectivity index is 1.86. The molecule has 2 aromatic heterocycles. The van der Waals surface area contributed by atoms with Gasteiger partial charge in [0.1, 0.15) is 11.6 Å². The van der Waals surface area contributed by atoms with Crippen molar-refractivity contribution in [1.29, 1.82) is 0 Å². The topological polar surface area (TPSA) is 52.8 Å². The first-order valence-corrected chi connectivity index (χ1v) is 10.1. The van der Waals surface area contributed by atoms with Gasteiger partial charge in [-0.25, -0.2) is 15.0 Å². The molecule has 0 saturated carbocycles. The Morgan fingerprint density at radius 2 is 1.69 bits per heavy atom. The van der Waals surface area contributed by atoms with E-state index in [1.165, 1.54) is 0 Å². The van der Waals surface area contributed by atoms with Gasteiger partial charge in [0.2, 0.25) is 0 Å². The maximum Gasteiger partial charge on any atom is 0.199 e. The van der Waals surface area contributed by atoms with E-state index < -0.39 is 0 Å². The highest BCUT2D eigenvalue weighted by Gasteiger charge is 2.18. The van der Waals surface area contributed by atoms with Gasteiger partial charge < -0.3 is 4.74 Å². The molecule has 0 saturated heterocycles. The highest BCUT2D eigenvalue weighted by Crippen LogP contribution is 2.33. The van der Waals surface area contributed by atoms with E-state index in [4.69, 9.17) is 31.3 Å². The summed E-state index contributed by atoms with van der Waals surface area (Å²) in [7, 11) is 1.60. The molecule has 0 aliphatic carbocycles. The molecule has 5 nitrogen and oxygen atoms in total. The summed E-state index contributed by atoms with van der Waals surface area (Å²) in [4.78, 5) is 14.4. The molecule has 0 aliphatic rings. The average molecular weight is 466 g/mol. The van der Waals surface area contributed by atoms with Crippen LogP contribution in [0.1, 0.15) is 0 Å². The molecule has 29 heavy (non-hydrogen) atoms. The molecule has 0 radical (unpaired) electrons. The average Bonchev–Trinajstić information content (AvgIpc) is 3.10. The number of nitrogens with zero attached hydrogens (tertiary/aromatic N) is 4. The van der Waals surface area contributed by atoms with Gasteiger partial charge >= 0.3 is 0 Å². The van der Waals surface area contributed by atoms with Gasteiger partial charge in [-0.2, -0.15) is 0 Å². The van der Waals surface area contributed by atoms with Crippen LogP contribution in [0.4, 0.5) is 0 Å². The van der Waals surface area contributed by atoms with Gasteiger partial charge in [-0.05, 0) is 42.5 Å². The molecule has 0 bridgehead atoms. The highest BCUT2D eigenvalue weighted by molar-refractivity contribution is 9.10. The fraction of sp³-hybridized carbons (Fsp3) is 0.0455. The van der Waals surface area contributed by atoms with Crippen molar-refractivity contribution in [2.75, 3.05) is 7.11 Å². The minimum atomic E-state index is 0.515. The van der Waals surface area contributed by atoms with Crippen molar-refractivity contribution in [2.24, 2.45) is 0 Å². The molecular weight excluding hydrogens is 452 g/mol. The molecule has 0 unspecified atom stereocenters. The van der Waals surface area contributed by atoms with E-state index in [0.717, 1.165) is 32.6 Å². The summed E-state index contributed by atoms with van der Waals surface area (Å²) >= 11 is 9.96. The zero-order valence-corrected chi connectivity index (χ0v) is 17.6. The zero-order valence-electron chi connectivity index (χ0n) is 15.3. The number of rotatable bonds is 3. The Hall–Kier alpha value is -2.96. The SMILES string of the molecule is COc1ccc(-n2c(-c3cccc(Br)c3)nc3nc4ccccc4nc32)cc1Cl. The van der Waals surface area contributed by atoms with Crippen molar-refractivity contribution < 1.29 is 4.74 Å². The van der Waals surface area contributed by atoms with Crippen molar-refractivity contribution in [2.45, 2.75) is 0 Å². The predicted molar refractivity (Wildman–Crippen MR) is 119 cm³/mol. The third-order valence-corrected chi connectivity index (χ3v) is 5.43. The molecule has 7 heteroatoms. The van der Waals surface area contributed by atoms with Gasteiger partial charge in [0, 0.05) is 10.0 Å². The van der Waals surface area contributed by atoms with Gasteiger partial charge in [0.25, 0.3) is 0 Å². The van der Waals surface area contributed by atoms with E-state index in [-0.39, 0.29) is 0 Å². The number of fused-ring (bicyclic) bond motifs is 2. The summed E-state index contributed by atoms with van der Waals surface area (Å²) in [6.45, 7) is 0. The Morgan fingerprint density at radius 1 is 0.897 bits per heavy atom. The lowest BCUT2D eigenvalue weighted by molar-refractivity contribution is 0.415. The molecule has 0 amide bonds. The molecular formula is C22H14BrClN4O. The molecule has 5 aromatic rings. The maximum atomic E-state index is 6.41. The van der Waals surface area contributed by atoms with E-state index in [9.17, 15) is 0 Å². The molecule has 142 valence electrons. The number of hydrogen-bond donors (Lipinski definition) is 0. The molecule has 0 aliphatic heterocycles. The van der Waals surface area contributed by atoms with E-state index in [1.54, 1.807) is 7.11 Å². The van der Waals surface area contributed by atoms with Crippen LogP contribution in [0, 0.1) is 0 Å². The van der Waals surface area contributed by atoms with Crippen molar-refractivity contribution in [3.63, 3.8) is 0 Å². The quantitative estimate of drug-likeness (QED) is 0.325. The molecule has 0 spiro atoms. The third kappa shape index (κ3) is 3.14. The summed E-state index contributed by atoms with van der Waals surface area (Å²) < 4.78 is 8.24. The van der Waals surface area contributed by atoms with Gasteiger partial charge in [-0.3, -0.25) is 4.57 Å². The van der Waals surface area contributed by atoms with Crippen LogP contribution in [0.3, 0.4) is 0 Å². The number of methoxy groups -OCH3 is 1. The van der Waals surface area contributed by atoms with Crippen LogP contribution in [0.15, 0.2) is 71.2 Å². The lowest BCUT2D eigenvalue weighted by Crippen LogP contribution is -2.00. The summed E-state index contributed by atoms with van der Waals surface area (Å²) in [5.41, 5.74) is 4.62. The normalized spacial score (nSPS) is 11.3. The van der Waals surface area contributed by atoms with Crippen molar-refractivity contribution in [3.05, 3.63) is 76.2 Å². The summed E-state index contributed by atoms with van der Waals surface area (Å²) in [5.74, 6) is 1.35. The summed E-state index contributed by atoms with van der Waals surface area (Å²) in [6, 6.07) is 21.4. The zero-order chi connectivity index (χ0) is 20.0. The van der Waals surface area contributed by atoms with Gasteiger partial charge in [0.15, 0.2) is 11.3 Å². The van der Waals surface area contributed by atoms with E-state index in [0.29, 0.717) is 22.1 Å². The van der Waals surface area contributed by atoms with Crippen LogP contribution >= 0.6 is 27.5 Å². The number of imidazole rings is 1. The Labute approximate surface area is 180 Å². The number of benzene rings is 3. The van der Waals surface area contributed by atoms with Crippen LogP contribution in [0.2, 0.25) is 5.02 Å². The number of para-hydroxylation sites is 2. The van der Waals surface area contributed by atoms with Crippen molar-refractivity contribution >= 4 is 49.9 Å². The minimum absolute atomic E-state index is 0.515. The first-order valence-electron chi connectivity index (χ1n) is 8.89. The lowest BCUT2D eigenvalue weighted by Gasteiger charge is -2.11. The fourth-order valence-corrected chi connectivity index (χ4v) is 3.97. The summed E-state index contributed by atoms with van der Waals surface area (Å²) in [5, 5.41) is 0.515. The van der Waals surface area contributed by atoms with Crippen LogP contribution < -0.4 is 4.74 Å². The fourth-order valence-electron chi connectivity index (χ4n) is 3.32. The molecule has 0 N–H and O–H groups in total. The van der Waals surface area contributed by atoms with Crippen LogP contribution in [-0.2, 0) is 0 Å². The van der Waals surface area contributed by atoms with Crippen LogP contribution in [0.5, 0.6) is 5.75 Å². The van der Waals surface area contributed by atoms with Crippen molar-refractivity contribution in [3.8, 4) is 22.8 Å². The van der Waals surface area contributed by atoms with Gasteiger partial charge in [-0.15, -0.1) is 0 Å². The third-order valence-electron chi connectivity index (χ3n) is 4.65. The van der Waals surface area contributed by atoms with Gasteiger partial charge in [-0.1, -0.05) is 51.8 Å². The molecule has 2 heterocycles. The molecule has 3 aromatic carbocycles. The first-order chi connectivity index (χ1) is 14.1. The maximum absolute atomic E-state index is 6.41. The smallest absolute Gasteiger partial charge is 0.199 e. The lowest BCUT2D eigenvalue weighted by atomic mass is 10.2. The van der Waals surface area contributed by atoms with Crippen molar-refractivity contribution in [1.82, 2.24) is 19.5 Å². The monoisotopic (exact) mass is 464 g/mol. The van der Waals surface area contributed by atoms with E-state index >= 15 is 0 Å². The number of halogens is 2. The minimum Gasteiger partial charge on any atom is -0.495 e. The largest absolute Gasteiger partial charge is 0.495 e. The van der Waals surface area contributed by atoms with Crippen LogP contribution in [-0.4, -0.2) is 26.6 Å². The number of ether oxygens (including phenoxy) is 1. The molecule has 0 fully saturated rings. The van der Waals surface area contributed by atoms with Gasteiger partial charge in [0.05, 0.1) is 28.9 Å². The predicted octanol–water partition coefficient (Wildman–Crippen LogP) is 6.06. The van der Waals surface area contributed by atoms with E-state index in [1.807, 2.05) is 71.3 Å². The second kappa shape index (κ2) is 7.13. The Morgan fingerprint density at radius 3 is 2.41 bits per heavy atom. The number of hydrogen-bond acceptors (Lipinski definition) is 4. The highest BCUT2D eigenvalue weighted by atomic mass is 79.9.